The molecule has 0 aromatic carbocycles. The molecule has 2 N–H and O–H groups in total. The zero-order valence-corrected chi connectivity index (χ0v) is 12.2. The van der Waals surface area contributed by atoms with E-state index >= 15 is 0 Å². The molecule has 0 aliphatic heterocycles. The maximum absolute atomic E-state index is 11.6. The van der Waals surface area contributed by atoms with Crippen molar-refractivity contribution in [2.75, 3.05) is 26.0 Å². The topological polar surface area (TPSA) is 75.6 Å². The van der Waals surface area contributed by atoms with Crippen LogP contribution in [-0.2, 0) is 20.4 Å². The Kier molecular flexibility index (Phi) is 5.74. The predicted octanol–water partition coefficient (Wildman–Crippen LogP) is 0.912. The molecule has 0 fully saturated rings. The third-order valence-corrected chi connectivity index (χ3v) is 4.98. The highest BCUT2D eigenvalue weighted by molar-refractivity contribution is 7.89. The van der Waals surface area contributed by atoms with E-state index in [1.807, 2.05) is 11.4 Å². The smallest absolute Gasteiger partial charge is 0.211 e. The summed E-state index contributed by atoms with van der Waals surface area (Å²) >= 11 is 1.40. The molecule has 1 heterocycles. The fourth-order valence-electron chi connectivity index (χ4n) is 1.39. The summed E-state index contributed by atoms with van der Waals surface area (Å²) in [5.74, 6) is 0.00135. The summed E-state index contributed by atoms with van der Waals surface area (Å²) in [7, 11) is -1.83. The van der Waals surface area contributed by atoms with E-state index in [-0.39, 0.29) is 12.3 Å². The van der Waals surface area contributed by atoms with Crippen LogP contribution in [0.2, 0.25) is 0 Å². The van der Waals surface area contributed by atoms with Gasteiger partial charge < -0.3 is 9.84 Å². The Bertz CT molecular complexity index is 440. The molecule has 5 nitrogen and oxygen atoms in total. The van der Waals surface area contributed by atoms with Crippen LogP contribution in [0.4, 0.5) is 0 Å². The molecule has 104 valence electrons. The molecule has 0 aliphatic carbocycles. The van der Waals surface area contributed by atoms with Crippen LogP contribution in [0.25, 0.3) is 0 Å². The summed E-state index contributed by atoms with van der Waals surface area (Å²) in [4.78, 5) is 0.738. The average molecular weight is 293 g/mol. The number of hydrogen-bond acceptors (Lipinski definition) is 5. The minimum absolute atomic E-state index is 0.00135. The van der Waals surface area contributed by atoms with Gasteiger partial charge in [0.05, 0.1) is 5.75 Å². The highest BCUT2D eigenvalue weighted by Crippen LogP contribution is 2.24. The van der Waals surface area contributed by atoms with E-state index in [2.05, 4.69) is 4.72 Å². The monoisotopic (exact) mass is 293 g/mol. The van der Waals surface area contributed by atoms with E-state index < -0.39 is 15.6 Å². The van der Waals surface area contributed by atoms with Gasteiger partial charge in [-0.2, -0.15) is 0 Å². The first-order chi connectivity index (χ1) is 8.37. The molecule has 1 rings (SSSR count). The highest BCUT2D eigenvalue weighted by atomic mass is 32.2. The average Bonchev–Trinajstić information content (AvgIpc) is 2.81. The summed E-state index contributed by atoms with van der Waals surface area (Å²) in [5.41, 5.74) is -1.18. The van der Waals surface area contributed by atoms with Gasteiger partial charge in [0.1, 0.15) is 5.60 Å². The molecule has 0 spiro atoms. The van der Waals surface area contributed by atoms with Crippen molar-refractivity contribution >= 4 is 21.4 Å². The molecule has 0 amide bonds. The van der Waals surface area contributed by atoms with E-state index in [0.29, 0.717) is 13.0 Å². The second-order valence-electron chi connectivity index (χ2n) is 4.24. The maximum Gasteiger partial charge on any atom is 0.211 e. The Hall–Kier alpha value is -0.470. The molecule has 0 bridgehead atoms. The maximum atomic E-state index is 11.6. The van der Waals surface area contributed by atoms with Crippen molar-refractivity contribution in [2.45, 2.75) is 18.9 Å². The lowest BCUT2D eigenvalue weighted by atomic mass is 10.1. The lowest BCUT2D eigenvalue weighted by molar-refractivity contribution is 0.0666. The van der Waals surface area contributed by atoms with Crippen LogP contribution in [0.5, 0.6) is 0 Å². The second-order valence-corrected chi connectivity index (χ2v) is 7.11. The third-order valence-electron chi connectivity index (χ3n) is 2.45. The first kappa shape index (κ1) is 15.6. The number of nitrogens with one attached hydrogen (secondary N) is 1. The molecule has 0 saturated carbocycles. The first-order valence-electron chi connectivity index (χ1n) is 5.60. The van der Waals surface area contributed by atoms with Crippen LogP contribution in [0, 0.1) is 0 Å². The summed E-state index contributed by atoms with van der Waals surface area (Å²) in [6.45, 7) is 1.97. The van der Waals surface area contributed by atoms with Crippen molar-refractivity contribution in [2.24, 2.45) is 0 Å². The van der Waals surface area contributed by atoms with Crippen LogP contribution in [0.15, 0.2) is 17.5 Å². The predicted molar refractivity (Wildman–Crippen MR) is 72.2 cm³/mol. The number of aliphatic hydroxyl groups is 1. The molecule has 18 heavy (non-hydrogen) atoms. The Balaban J connectivity index is 2.49. The van der Waals surface area contributed by atoms with Gasteiger partial charge >= 0.3 is 0 Å². The zero-order valence-electron chi connectivity index (χ0n) is 10.5. The summed E-state index contributed by atoms with van der Waals surface area (Å²) in [5, 5.41) is 12.0. The highest BCUT2D eigenvalue weighted by Gasteiger charge is 2.26. The van der Waals surface area contributed by atoms with Gasteiger partial charge in [0.15, 0.2) is 0 Å². The minimum atomic E-state index is -3.36. The van der Waals surface area contributed by atoms with Gasteiger partial charge in [-0.15, -0.1) is 11.3 Å². The fraction of sp³-hybridized carbons (Fsp3) is 0.636. The van der Waals surface area contributed by atoms with E-state index in [1.165, 1.54) is 18.4 Å². The number of rotatable bonds is 8. The van der Waals surface area contributed by atoms with E-state index in [1.54, 1.807) is 13.0 Å². The largest absolute Gasteiger partial charge is 0.385 e. The van der Waals surface area contributed by atoms with E-state index in [4.69, 9.17) is 4.74 Å². The quantitative estimate of drug-likeness (QED) is 0.699. The molecule has 7 heteroatoms. The van der Waals surface area contributed by atoms with Crippen molar-refractivity contribution in [3.63, 3.8) is 0 Å². The van der Waals surface area contributed by atoms with Gasteiger partial charge in [-0.05, 0) is 24.8 Å². The number of thiophene rings is 1. The molecule has 1 atom stereocenters. The summed E-state index contributed by atoms with van der Waals surface area (Å²) in [6, 6.07) is 3.60. The first-order valence-corrected chi connectivity index (χ1v) is 8.13. The van der Waals surface area contributed by atoms with Crippen molar-refractivity contribution in [1.82, 2.24) is 4.72 Å². The normalized spacial score (nSPS) is 15.5. The van der Waals surface area contributed by atoms with Gasteiger partial charge in [-0.3, -0.25) is 0 Å². The number of ether oxygens (including phenoxy) is 1. The molecule has 1 aromatic heterocycles. The second kappa shape index (κ2) is 6.63. The molecule has 1 unspecified atom stereocenters. The third kappa shape index (κ3) is 5.03. The van der Waals surface area contributed by atoms with E-state index in [0.717, 1.165) is 4.88 Å². The molecular weight excluding hydrogens is 274 g/mol. The zero-order chi connectivity index (χ0) is 13.6. The van der Waals surface area contributed by atoms with Crippen LogP contribution >= 0.6 is 11.3 Å². The molecule has 1 aromatic rings. The van der Waals surface area contributed by atoms with Gasteiger partial charge in [0, 0.05) is 25.1 Å². The van der Waals surface area contributed by atoms with E-state index in [9.17, 15) is 13.5 Å². The lowest BCUT2D eigenvalue weighted by Gasteiger charge is -2.22. The Labute approximate surface area is 112 Å². The van der Waals surface area contributed by atoms with Crippen LogP contribution in [0.1, 0.15) is 18.2 Å². The molecule has 0 saturated heterocycles. The Morgan fingerprint density at radius 3 is 2.83 bits per heavy atom. The fourth-order valence-corrected chi connectivity index (χ4v) is 3.32. The number of hydrogen-bond donors (Lipinski definition) is 2. The van der Waals surface area contributed by atoms with Crippen molar-refractivity contribution in [3.8, 4) is 0 Å². The minimum Gasteiger partial charge on any atom is -0.385 e. The summed E-state index contributed by atoms with van der Waals surface area (Å²) in [6.07, 6.45) is 0.437. The summed E-state index contributed by atoms with van der Waals surface area (Å²) < 4.78 is 30.5. The molecule has 0 aliphatic rings. The Morgan fingerprint density at radius 1 is 1.56 bits per heavy atom. The number of methoxy groups -OCH3 is 1. The van der Waals surface area contributed by atoms with Gasteiger partial charge in [-0.1, -0.05) is 6.07 Å². The van der Waals surface area contributed by atoms with Crippen molar-refractivity contribution < 1.29 is 18.3 Å². The standard InChI is InChI=1S/C11H19NO4S2/c1-11(13,10-5-3-7-17-10)9-12-18(14,15)8-4-6-16-2/h3,5,7,12-13H,4,6,8-9H2,1-2H3. The number of sulfonamides is 1. The molecular formula is C11H19NO4S2. The van der Waals surface area contributed by atoms with Gasteiger partial charge in [-0.25, -0.2) is 13.1 Å². The van der Waals surface area contributed by atoms with Crippen molar-refractivity contribution in [3.05, 3.63) is 22.4 Å². The van der Waals surface area contributed by atoms with Crippen molar-refractivity contribution in [1.29, 1.82) is 0 Å². The van der Waals surface area contributed by atoms with Crippen LogP contribution < -0.4 is 4.72 Å². The van der Waals surface area contributed by atoms with Crippen LogP contribution in [0.3, 0.4) is 0 Å². The Morgan fingerprint density at radius 2 is 2.28 bits per heavy atom. The lowest BCUT2D eigenvalue weighted by Crippen LogP contribution is -2.39. The van der Waals surface area contributed by atoms with Gasteiger partial charge in [0.2, 0.25) is 10.0 Å². The van der Waals surface area contributed by atoms with Crippen LogP contribution in [-0.4, -0.2) is 39.5 Å². The van der Waals surface area contributed by atoms with Gasteiger partial charge in [0.25, 0.3) is 0 Å². The SMILES string of the molecule is COCCCS(=O)(=O)NCC(C)(O)c1cccs1. The molecule has 0 radical (unpaired) electrons.